The molecular weight excluding hydrogens is 252 g/mol. The molecule has 1 saturated carbocycles. The fourth-order valence-electron chi connectivity index (χ4n) is 2.59. The topological polar surface area (TPSA) is 64.3 Å². The highest BCUT2D eigenvalue weighted by molar-refractivity contribution is 5.79. The van der Waals surface area contributed by atoms with Crippen LogP contribution >= 0.6 is 0 Å². The molecule has 1 amide bonds. The van der Waals surface area contributed by atoms with Gasteiger partial charge in [-0.1, -0.05) is 18.2 Å². The minimum atomic E-state index is -0.0462. The number of carbonyl (C=O) groups excluding carboxylic acids is 1. The molecule has 0 radical (unpaired) electrons. The first-order valence-corrected chi connectivity index (χ1v) is 7.32. The van der Waals surface area contributed by atoms with Crippen LogP contribution in [0, 0.1) is 12.8 Å². The number of benzene rings is 1. The first-order valence-electron chi connectivity index (χ1n) is 7.32. The molecule has 0 aliphatic heterocycles. The van der Waals surface area contributed by atoms with Crippen molar-refractivity contribution < 1.29 is 9.53 Å². The van der Waals surface area contributed by atoms with Crippen molar-refractivity contribution in [3.05, 3.63) is 29.8 Å². The highest BCUT2D eigenvalue weighted by Crippen LogP contribution is 2.24. The van der Waals surface area contributed by atoms with Crippen LogP contribution in [0.3, 0.4) is 0 Å². The molecule has 1 aliphatic rings. The Morgan fingerprint density at radius 1 is 1.45 bits per heavy atom. The van der Waals surface area contributed by atoms with E-state index in [1.165, 1.54) is 0 Å². The molecule has 0 spiro atoms. The van der Waals surface area contributed by atoms with Crippen LogP contribution in [0.15, 0.2) is 24.3 Å². The van der Waals surface area contributed by atoms with Gasteiger partial charge < -0.3 is 15.8 Å². The number of rotatable bonds is 5. The van der Waals surface area contributed by atoms with Gasteiger partial charge in [-0.15, -0.1) is 0 Å². The van der Waals surface area contributed by atoms with Crippen molar-refractivity contribution in [2.75, 3.05) is 6.54 Å². The SMILES string of the molecule is Cc1ccccc1OC(C)CNC(=O)C1CCC(N)C1. The third-order valence-corrected chi connectivity index (χ3v) is 3.83. The van der Waals surface area contributed by atoms with E-state index in [9.17, 15) is 4.79 Å². The number of para-hydroxylation sites is 1. The summed E-state index contributed by atoms with van der Waals surface area (Å²) in [5, 5.41) is 2.97. The number of hydrogen-bond donors (Lipinski definition) is 2. The lowest BCUT2D eigenvalue weighted by molar-refractivity contribution is -0.125. The van der Waals surface area contributed by atoms with Crippen molar-refractivity contribution in [2.45, 2.75) is 45.3 Å². The zero-order valence-corrected chi connectivity index (χ0v) is 12.3. The van der Waals surface area contributed by atoms with Gasteiger partial charge >= 0.3 is 0 Å². The minimum absolute atomic E-state index is 0.0462. The number of aryl methyl sites for hydroxylation is 1. The average molecular weight is 276 g/mol. The van der Waals surface area contributed by atoms with Crippen LogP contribution in [0.1, 0.15) is 31.7 Å². The van der Waals surface area contributed by atoms with Gasteiger partial charge in [-0.05, 0) is 44.7 Å². The molecule has 0 saturated heterocycles. The van der Waals surface area contributed by atoms with Crippen LogP contribution in [0.4, 0.5) is 0 Å². The Labute approximate surface area is 120 Å². The van der Waals surface area contributed by atoms with Gasteiger partial charge in [0.1, 0.15) is 11.9 Å². The third-order valence-electron chi connectivity index (χ3n) is 3.83. The zero-order valence-electron chi connectivity index (χ0n) is 12.3. The quantitative estimate of drug-likeness (QED) is 0.864. The molecule has 1 fully saturated rings. The summed E-state index contributed by atoms with van der Waals surface area (Å²) in [6.45, 7) is 4.51. The summed E-state index contributed by atoms with van der Waals surface area (Å²) in [6.07, 6.45) is 2.61. The van der Waals surface area contributed by atoms with Crippen LogP contribution < -0.4 is 15.8 Å². The Hall–Kier alpha value is -1.55. The molecule has 0 aromatic heterocycles. The smallest absolute Gasteiger partial charge is 0.223 e. The van der Waals surface area contributed by atoms with E-state index in [-0.39, 0.29) is 24.0 Å². The standard InChI is InChI=1S/C16H24N2O2/c1-11-5-3-4-6-15(11)20-12(2)10-18-16(19)13-7-8-14(17)9-13/h3-6,12-14H,7-10,17H2,1-2H3,(H,18,19). The maximum atomic E-state index is 12.0. The molecular formula is C16H24N2O2. The Balaban J connectivity index is 1.76. The van der Waals surface area contributed by atoms with Gasteiger partial charge in [-0.2, -0.15) is 0 Å². The van der Waals surface area contributed by atoms with E-state index in [4.69, 9.17) is 10.5 Å². The van der Waals surface area contributed by atoms with Crippen LogP contribution in [0.2, 0.25) is 0 Å². The summed E-state index contributed by atoms with van der Waals surface area (Å²) >= 11 is 0. The normalized spacial score (nSPS) is 23.4. The van der Waals surface area contributed by atoms with Crippen LogP contribution in [0.5, 0.6) is 5.75 Å². The summed E-state index contributed by atoms with van der Waals surface area (Å²) in [6, 6.07) is 8.08. The molecule has 1 aromatic carbocycles. The monoisotopic (exact) mass is 276 g/mol. The fourth-order valence-corrected chi connectivity index (χ4v) is 2.59. The van der Waals surface area contributed by atoms with E-state index in [1.54, 1.807) is 0 Å². The molecule has 110 valence electrons. The molecule has 2 rings (SSSR count). The molecule has 4 nitrogen and oxygen atoms in total. The summed E-state index contributed by atoms with van der Waals surface area (Å²) in [7, 11) is 0. The fraction of sp³-hybridized carbons (Fsp3) is 0.562. The van der Waals surface area contributed by atoms with E-state index in [0.717, 1.165) is 30.6 Å². The van der Waals surface area contributed by atoms with E-state index < -0.39 is 0 Å². The van der Waals surface area contributed by atoms with Crippen molar-refractivity contribution in [2.24, 2.45) is 11.7 Å². The molecule has 0 bridgehead atoms. The number of carbonyl (C=O) groups is 1. The number of amides is 1. The van der Waals surface area contributed by atoms with Crippen molar-refractivity contribution >= 4 is 5.91 Å². The highest BCUT2D eigenvalue weighted by atomic mass is 16.5. The molecule has 3 unspecified atom stereocenters. The molecule has 20 heavy (non-hydrogen) atoms. The predicted octanol–water partition coefficient (Wildman–Crippen LogP) is 2.01. The molecule has 0 heterocycles. The molecule has 3 N–H and O–H groups in total. The van der Waals surface area contributed by atoms with E-state index in [1.807, 2.05) is 38.1 Å². The van der Waals surface area contributed by atoms with E-state index in [2.05, 4.69) is 5.32 Å². The van der Waals surface area contributed by atoms with E-state index >= 15 is 0 Å². The van der Waals surface area contributed by atoms with Crippen LogP contribution in [0.25, 0.3) is 0 Å². The maximum Gasteiger partial charge on any atom is 0.223 e. The first-order chi connectivity index (χ1) is 9.56. The van der Waals surface area contributed by atoms with E-state index in [0.29, 0.717) is 6.54 Å². The second kappa shape index (κ2) is 6.75. The van der Waals surface area contributed by atoms with Crippen LogP contribution in [-0.2, 0) is 4.79 Å². The zero-order chi connectivity index (χ0) is 14.5. The summed E-state index contributed by atoms with van der Waals surface area (Å²) in [4.78, 5) is 12.0. The molecule has 1 aromatic rings. The molecule has 4 heteroatoms. The number of nitrogens with one attached hydrogen (secondary N) is 1. The second-order valence-corrected chi connectivity index (χ2v) is 5.71. The second-order valence-electron chi connectivity index (χ2n) is 5.71. The van der Waals surface area contributed by atoms with Crippen molar-refractivity contribution in [1.29, 1.82) is 0 Å². The van der Waals surface area contributed by atoms with Crippen LogP contribution in [-0.4, -0.2) is 24.6 Å². The minimum Gasteiger partial charge on any atom is -0.489 e. The van der Waals surface area contributed by atoms with Gasteiger partial charge in [-0.25, -0.2) is 0 Å². The largest absolute Gasteiger partial charge is 0.489 e. The summed E-state index contributed by atoms with van der Waals surface area (Å²) in [5.41, 5.74) is 6.94. The maximum absolute atomic E-state index is 12.0. The van der Waals surface area contributed by atoms with Gasteiger partial charge in [0, 0.05) is 12.0 Å². The van der Waals surface area contributed by atoms with Gasteiger partial charge in [0.05, 0.1) is 6.54 Å². The van der Waals surface area contributed by atoms with Gasteiger partial charge in [0.2, 0.25) is 5.91 Å². The van der Waals surface area contributed by atoms with Gasteiger partial charge in [0.25, 0.3) is 0 Å². The van der Waals surface area contributed by atoms with Crippen molar-refractivity contribution in [3.63, 3.8) is 0 Å². The van der Waals surface area contributed by atoms with Crippen molar-refractivity contribution in [1.82, 2.24) is 5.32 Å². The third kappa shape index (κ3) is 3.97. The lowest BCUT2D eigenvalue weighted by atomic mass is 10.1. The van der Waals surface area contributed by atoms with Crippen molar-refractivity contribution in [3.8, 4) is 5.75 Å². The molecule has 3 atom stereocenters. The lowest BCUT2D eigenvalue weighted by Crippen LogP contribution is -2.37. The lowest BCUT2D eigenvalue weighted by Gasteiger charge is -2.18. The summed E-state index contributed by atoms with van der Waals surface area (Å²) in [5.74, 6) is 1.06. The average Bonchev–Trinajstić information content (AvgIpc) is 2.85. The first kappa shape index (κ1) is 14.9. The number of nitrogens with two attached hydrogens (primary N) is 1. The Morgan fingerprint density at radius 2 is 2.20 bits per heavy atom. The Morgan fingerprint density at radius 3 is 2.85 bits per heavy atom. The van der Waals surface area contributed by atoms with Gasteiger partial charge in [0.15, 0.2) is 0 Å². The predicted molar refractivity (Wildman–Crippen MR) is 79.6 cm³/mol. The Bertz CT molecular complexity index is 462. The van der Waals surface area contributed by atoms with Gasteiger partial charge in [-0.3, -0.25) is 4.79 Å². The molecule has 1 aliphatic carbocycles. The number of hydrogen-bond acceptors (Lipinski definition) is 3. The number of ether oxygens (including phenoxy) is 1. The summed E-state index contributed by atoms with van der Waals surface area (Å²) < 4.78 is 5.84. The highest BCUT2D eigenvalue weighted by Gasteiger charge is 2.27. The Kier molecular flexibility index (Phi) is 5.01.